The van der Waals surface area contributed by atoms with E-state index in [4.69, 9.17) is 4.74 Å². The Morgan fingerprint density at radius 3 is 1.59 bits per heavy atom. The molecular formula is C15H13O2. The summed E-state index contributed by atoms with van der Waals surface area (Å²) in [6, 6.07) is 19.1. The molecule has 1 radical (unpaired) electrons. The van der Waals surface area contributed by atoms with Gasteiger partial charge in [0.1, 0.15) is 5.92 Å². The van der Waals surface area contributed by atoms with Gasteiger partial charge in [-0.3, -0.25) is 4.79 Å². The summed E-state index contributed by atoms with van der Waals surface area (Å²) in [5, 5.41) is 0. The second-order valence-corrected chi connectivity index (χ2v) is 3.60. The van der Waals surface area contributed by atoms with Crippen LogP contribution in [-0.4, -0.2) is 13.1 Å². The molecule has 0 spiro atoms. The summed E-state index contributed by atoms with van der Waals surface area (Å²) in [6.45, 7) is 0. The van der Waals surface area contributed by atoms with Crippen LogP contribution in [0.1, 0.15) is 11.1 Å². The number of carbonyl (C=O) groups is 1. The van der Waals surface area contributed by atoms with E-state index in [1.807, 2.05) is 60.7 Å². The van der Waals surface area contributed by atoms with Crippen LogP contribution in [0, 0.1) is 5.92 Å². The Balaban J connectivity index is 2.43. The number of rotatable bonds is 3. The van der Waals surface area contributed by atoms with Crippen LogP contribution in [0.5, 0.6) is 0 Å². The first-order valence-corrected chi connectivity index (χ1v) is 5.39. The summed E-state index contributed by atoms with van der Waals surface area (Å²) in [7, 11) is 1.40. The lowest BCUT2D eigenvalue weighted by molar-refractivity contribution is -0.137. The highest BCUT2D eigenvalue weighted by Crippen LogP contribution is 2.24. The quantitative estimate of drug-likeness (QED) is 0.751. The molecule has 17 heavy (non-hydrogen) atoms. The first-order chi connectivity index (χ1) is 8.33. The SMILES string of the molecule is COC(=O)[C](c1ccccc1)c1ccccc1. The molecule has 0 saturated heterocycles. The van der Waals surface area contributed by atoms with Crippen LogP contribution in [0.15, 0.2) is 60.7 Å². The maximum atomic E-state index is 11.9. The van der Waals surface area contributed by atoms with Crippen LogP contribution in [0.25, 0.3) is 0 Å². The van der Waals surface area contributed by atoms with Crippen LogP contribution >= 0.6 is 0 Å². The van der Waals surface area contributed by atoms with Crippen molar-refractivity contribution in [2.45, 2.75) is 0 Å². The predicted molar refractivity (Wildman–Crippen MR) is 66.3 cm³/mol. The second kappa shape index (κ2) is 5.30. The van der Waals surface area contributed by atoms with Gasteiger partial charge in [-0.1, -0.05) is 60.7 Å². The molecule has 0 bridgehead atoms. The molecule has 2 rings (SSSR count). The molecule has 0 fully saturated rings. The molecule has 0 heterocycles. The molecule has 0 saturated carbocycles. The molecule has 2 aromatic carbocycles. The van der Waals surface area contributed by atoms with E-state index < -0.39 is 0 Å². The summed E-state index contributed by atoms with van der Waals surface area (Å²) < 4.78 is 4.85. The van der Waals surface area contributed by atoms with E-state index >= 15 is 0 Å². The molecule has 0 amide bonds. The third kappa shape index (κ3) is 2.53. The van der Waals surface area contributed by atoms with Crippen molar-refractivity contribution in [2.24, 2.45) is 0 Å². The number of hydrogen-bond acceptors (Lipinski definition) is 2. The first kappa shape index (κ1) is 11.4. The summed E-state index contributed by atoms with van der Waals surface area (Å²) in [4.78, 5) is 11.9. The average Bonchev–Trinajstić information content (AvgIpc) is 2.41. The summed E-state index contributed by atoms with van der Waals surface area (Å²) in [6.07, 6.45) is 0. The lowest BCUT2D eigenvalue weighted by Crippen LogP contribution is -2.16. The van der Waals surface area contributed by atoms with Gasteiger partial charge in [-0.15, -0.1) is 0 Å². The lowest BCUT2D eigenvalue weighted by atomic mass is 9.91. The minimum absolute atomic E-state index is 0.317. The van der Waals surface area contributed by atoms with Crippen molar-refractivity contribution in [1.82, 2.24) is 0 Å². The van der Waals surface area contributed by atoms with Crippen molar-refractivity contribution < 1.29 is 9.53 Å². The molecule has 0 aliphatic rings. The van der Waals surface area contributed by atoms with Gasteiger partial charge < -0.3 is 4.74 Å². The minimum Gasteiger partial charge on any atom is -0.468 e. The monoisotopic (exact) mass is 225 g/mol. The molecule has 0 unspecified atom stereocenters. The molecule has 0 aliphatic heterocycles. The molecule has 0 atom stereocenters. The van der Waals surface area contributed by atoms with E-state index in [0.29, 0.717) is 5.92 Å². The Kier molecular flexibility index (Phi) is 3.55. The van der Waals surface area contributed by atoms with Crippen LogP contribution < -0.4 is 0 Å². The van der Waals surface area contributed by atoms with Gasteiger partial charge in [0.25, 0.3) is 0 Å². The fraction of sp³-hybridized carbons (Fsp3) is 0.0667. The van der Waals surface area contributed by atoms with E-state index in [0.717, 1.165) is 11.1 Å². The van der Waals surface area contributed by atoms with Crippen LogP contribution in [0.2, 0.25) is 0 Å². The van der Waals surface area contributed by atoms with Gasteiger partial charge in [0.15, 0.2) is 0 Å². The number of esters is 1. The molecule has 2 heteroatoms. The normalized spacial score (nSPS) is 10.2. The largest absolute Gasteiger partial charge is 0.468 e. The number of carbonyl (C=O) groups excluding carboxylic acids is 1. The summed E-state index contributed by atoms with van der Waals surface area (Å²) >= 11 is 0. The zero-order valence-corrected chi connectivity index (χ0v) is 9.59. The maximum absolute atomic E-state index is 11.9. The molecule has 2 aromatic rings. The molecule has 0 N–H and O–H groups in total. The van der Waals surface area contributed by atoms with Gasteiger partial charge in [0, 0.05) is 0 Å². The van der Waals surface area contributed by atoms with Crippen molar-refractivity contribution >= 4 is 5.97 Å². The maximum Gasteiger partial charge on any atom is 0.322 e. The zero-order valence-electron chi connectivity index (χ0n) is 9.59. The van der Waals surface area contributed by atoms with Gasteiger partial charge in [-0.05, 0) is 11.1 Å². The molecule has 0 aromatic heterocycles. The minimum atomic E-state index is -0.317. The third-order valence-corrected chi connectivity index (χ3v) is 2.51. The Hall–Kier alpha value is -2.09. The van der Waals surface area contributed by atoms with Crippen molar-refractivity contribution in [1.29, 1.82) is 0 Å². The van der Waals surface area contributed by atoms with Crippen molar-refractivity contribution in [3.05, 3.63) is 77.7 Å². The van der Waals surface area contributed by atoms with Crippen LogP contribution in [0.3, 0.4) is 0 Å². The molecule has 85 valence electrons. The predicted octanol–water partition coefficient (Wildman–Crippen LogP) is 2.83. The van der Waals surface area contributed by atoms with Gasteiger partial charge in [-0.2, -0.15) is 0 Å². The van der Waals surface area contributed by atoms with Crippen LogP contribution in [-0.2, 0) is 9.53 Å². The number of ether oxygens (including phenoxy) is 1. The highest BCUT2D eigenvalue weighted by molar-refractivity contribution is 5.94. The zero-order chi connectivity index (χ0) is 12.1. The van der Waals surface area contributed by atoms with Crippen molar-refractivity contribution in [3.8, 4) is 0 Å². The Morgan fingerprint density at radius 1 is 0.824 bits per heavy atom. The highest BCUT2D eigenvalue weighted by Gasteiger charge is 2.24. The smallest absolute Gasteiger partial charge is 0.322 e. The lowest BCUT2D eigenvalue weighted by Gasteiger charge is -2.14. The van der Waals surface area contributed by atoms with E-state index in [-0.39, 0.29) is 5.97 Å². The number of benzene rings is 2. The van der Waals surface area contributed by atoms with Gasteiger partial charge in [0.2, 0.25) is 0 Å². The number of methoxy groups -OCH3 is 1. The highest BCUT2D eigenvalue weighted by atomic mass is 16.5. The van der Waals surface area contributed by atoms with E-state index in [9.17, 15) is 4.79 Å². The summed E-state index contributed by atoms with van der Waals surface area (Å²) in [5.74, 6) is 0.274. The molecular weight excluding hydrogens is 212 g/mol. The Bertz CT molecular complexity index is 437. The van der Waals surface area contributed by atoms with E-state index in [1.165, 1.54) is 7.11 Å². The fourth-order valence-corrected chi connectivity index (χ4v) is 1.71. The standard InChI is InChI=1S/C15H13O2/c1-17-15(16)14(12-8-4-2-5-9-12)13-10-6-3-7-11-13/h2-11H,1H3. The van der Waals surface area contributed by atoms with E-state index in [1.54, 1.807) is 0 Å². The fourth-order valence-electron chi connectivity index (χ4n) is 1.71. The topological polar surface area (TPSA) is 26.3 Å². The van der Waals surface area contributed by atoms with Crippen LogP contribution in [0.4, 0.5) is 0 Å². The van der Waals surface area contributed by atoms with Gasteiger partial charge in [-0.25, -0.2) is 0 Å². The van der Waals surface area contributed by atoms with Gasteiger partial charge in [0.05, 0.1) is 7.11 Å². The van der Waals surface area contributed by atoms with Crippen molar-refractivity contribution in [2.75, 3.05) is 7.11 Å². The molecule has 2 nitrogen and oxygen atoms in total. The number of hydrogen-bond donors (Lipinski definition) is 0. The summed E-state index contributed by atoms with van der Waals surface area (Å²) in [5.41, 5.74) is 1.73. The Labute approximate surface area is 101 Å². The van der Waals surface area contributed by atoms with E-state index in [2.05, 4.69) is 0 Å². The average molecular weight is 225 g/mol. The third-order valence-electron chi connectivity index (χ3n) is 2.51. The second-order valence-electron chi connectivity index (χ2n) is 3.60. The van der Waals surface area contributed by atoms with Gasteiger partial charge >= 0.3 is 5.97 Å². The Morgan fingerprint density at radius 2 is 1.24 bits per heavy atom. The molecule has 0 aliphatic carbocycles. The first-order valence-electron chi connectivity index (χ1n) is 5.39. The van der Waals surface area contributed by atoms with Crippen molar-refractivity contribution in [3.63, 3.8) is 0 Å².